The third-order valence-electron chi connectivity index (χ3n) is 4.30. The number of hydrogen-bond acceptors (Lipinski definition) is 0. The first-order valence-corrected chi connectivity index (χ1v) is 8.93. The molecule has 0 bridgehead atoms. The quantitative estimate of drug-likeness (QED) is 0.404. The SMILES string of the molecule is CCCCCCCCCc1cccc(CC)c1CCC. The highest BCUT2D eigenvalue weighted by atomic mass is 14.1. The van der Waals surface area contributed by atoms with Crippen LogP contribution in [-0.4, -0.2) is 0 Å². The molecule has 0 fully saturated rings. The van der Waals surface area contributed by atoms with Gasteiger partial charge in [-0.05, 0) is 42.4 Å². The van der Waals surface area contributed by atoms with Crippen LogP contribution in [0.5, 0.6) is 0 Å². The lowest BCUT2D eigenvalue weighted by Crippen LogP contribution is -2.00. The highest BCUT2D eigenvalue weighted by Crippen LogP contribution is 2.20. The fraction of sp³-hybridized carbons (Fsp3) is 0.700. The fourth-order valence-corrected chi connectivity index (χ4v) is 3.10. The molecule has 0 nitrogen and oxygen atoms in total. The maximum absolute atomic E-state index is 2.36. The van der Waals surface area contributed by atoms with Crippen LogP contribution in [0.25, 0.3) is 0 Å². The van der Waals surface area contributed by atoms with E-state index in [9.17, 15) is 0 Å². The summed E-state index contributed by atoms with van der Waals surface area (Å²) in [6.45, 7) is 6.87. The standard InChI is InChI=1S/C20H34/c1-4-7-8-9-10-11-12-15-19-17-13-16-18(6-3)20(19)14-5-2/h13,16-17H,4-12,14-15H2,1-3H3. The van der Waals surface area contributed by atoms with Gasteiger partial charge in [0.05, 0.1) is 0 Å². The second-order valence-electron chi connectivity index (χ2n) is 6.03. The van der Waals surface area contributed by atoms with Gasteiger partial charge in [0.1, 0.15) is 0 Å². The third-order valence-corrected chi connectivity index (χ3v) is 4.30. The van der Waals surface area contributed by atoms with Gasteiger partial charge >= 0.3 is 0 Å². The molecule has 0 amide bonds. The number of hydrogen-bond donors (Lipinski definition) is 0. The van der Waals surface area contributed by atoms with Gasteiger partial charge in [0.2, 0.25) is 0 Å². The third kappa shape index (κ3) is 6.11. The molecule has 1 aromatic rings. The van der Waals surface area contributed by atoms with Crippen molar-refractivity contribution in [2.75, 3.05) is 0 Å². The van der Waals surface area contributed by atoms with Gasteiger partial charge in [0, 0.05) is 0 Å². The zero-order chi connectivity index (χ0) is 14.6. The van der Waals surface area contributed by atoms with Crippen molar-refractivity contribution in [3.8, 4) is 0 Å². The lowest BCUT2D eigenvalue weighted by molar-refractivity contribution is 0.588. The summed E-state index contributed by atoms with van der Waals surface area (Å²) in [6.07, 6.45) is 14.8. The molecule has 0 atom stereocenters. The Morgan fingerprint density at radius 1 is 0.650 bits per heavy atom. The molecule has 1 aromatic carbocycles. The van der Waals surface area contributed by atoms with Crippen molar-refractivity contribution in [3.05, 3.63) is 34.9 Å². The van der Waals surface area contributed by atoms with Crippen molar-refractivity contribution in [2.45, 2.75) is 91.4 Å². The van der Waals surface area contributed by atoms with Gasteiger partial charge < -0.3 is 0 Å². The van der Waals surface area contributed by atoms with Gasteiger partial charge in [0.25, 0.3) is 0 Å². The zero-order valence-corrected chi connectivity index (χ0v) is 14.0. The van der Waals surface area contributed by atoms with Crippen LogP contribution in [-0.2, 0) is 19.3 Å². The molecule has 0 saturated heterocycles. The summed E-state index contributed by atoms with van der Waals surface area (Å²) >= 11 is 0. The molecule has 0 radical (unpaired) electrons. The van der Waals surface area contributed by atoms with Crippen molar-refractivity contribution >= 4 is 0 Å². The number of aryl methyl sites for hydroxylation is 2. The number of unbranched alkanes of at least 4 members (excludes halogenated alkanes) is 6. The monoisotopic (exact) mass is 274 g/mol. The van der Waals surface area contributed by atoms with Gasteiger partial charge in [-0.25, -0.2) is 0 Å². The summed E-state index contributed by atoms with van der Waals surface area (Å²) in [6, 6.07) is 6.94. The lowest BCUT2D eigenvalue weighted by Gasteiger charge is -2.13. The maximum atomic E-state index is 2.36. The molecular weight excluding hydrogens is 240 g/mol. The predicted octanol–water partition coefficient (Wildman–Crippen LogP) is 6.49. The summed E-state index contributed by atoms with van der Waals surface area (Å²) in [5.74, 6) is 0. The first kappa shape index (κ1) is 17.3. The Balaban J connectivity index is 2.39. The molecule has 0 saturated carbocycles. The molecule has 20 heavy (non-hydrogen) atoms. The number of benzene rings is 1. The maximum Gasteiger partial charge on any atom is -0.0276 e. The van der Waals surface area contributed by atoms with E-state index < -0.39 is 0 Å². The Kier molecular flexibility index (Phi) is 9.45. The Hall–Kier alpha value is -0.780. The van der Waals surface area contributed by atoms with E-state index in [-0.39, 0.29) is 0 Å². The van der Waals surface area contributed by atoms with E-state index >= 15 is 0 Å². The second kappa shape index (κ2) is 10.9. The minimum Gasteiger partial charge on any atom is -0.0654 e. The molecule has 0 N–H and O–H groups in total. The van der Waals surface area contributed by atoms with Crippen LogP contribution in [0.4, 0.5) is 0 Å². The van der Waals surface area contributed by atoms with Crippen LogP contribution in [0, 0.1) is 0 Å². The zero-order valence-electron chi connectivity index (χ0n) is 14.0. The summed E-state index contributed by atoms with van der Waals surface area (Å²) in [4.78, 5) is 0. The minimum absolute atomic E-state index is 1.18. The van der Waals surface area contributed by atoms with E-state index in [0.717, 1.165) is 0 Å². The van der Waals surface area contributed by atoms with Crippen LogP contribution in [0.2, 0.25) is 0 Å². The first-order valence-electron chi connectivity index (χ1n) is 8.93. The normalized spacial score (nSPS) is 10.9. The van der Waals surface area contributed by atoms with Gasteiger partial charge in [-0.1, -0.05) is 83.9 Å². The average Bonchev–Trinajstić information content (AvgIpc) is 2.48. The van der Waals surface area contributed by atoms with Crippen LogP contribution in [0.1, 0.15) is 88.8 Å². The van der Waals surface area contributed by atoms with Crippen molar-refractivity contribution in [3.63, 3.8) is 0 Å². The van der Waals surface area contributed by atoms with Gasteiger partial charge in [-0.2, -0.15) is 0 Å². The van der Waals surface area contributed by atoms with Crippen LogP contribution < -0.4 is 0 Å². The molecule has 1 rings (SSSR count). The van der Waals surface area contributed by atoms with E-state index in [4.69, 9.17) is 0 Å². The Bertz CT molecular complexity index is 351. The van der Waals surface area contributed by atoms with E-state index in [2.05, 4.69) is 39.0 Å². The molecule has 0 spiro atoms. The van der Waals surface area contributed by atoms with Gasteiger partial charge in [-0.3, -0.25) is 0 Å². The molecule has 0 aromatic heterocycles. The summed E-state index contributed by atoms with van der Waals surface area (Å²) in [5.41, 5.74) is 4.86. The molecule has 0 aliphatic rings. The van der Waals surface area contributed by atoms with Gasteiger partial charge in [0.15, 0.2) is 0 Å². The van der Waals surface area contributed by atoms with Crippen molar-refractivity contribution < 1.29 is 0 Å². The highest BCUT2D eigenvalue weighted by molar-refractivity contribution is 5.35. The summed E-state index contributed by atoms with van der Waals surface area (Å²) in [5, 5.41) is 0. The topological polar surface area (TPSA) is 0 Å². The van der Waals surface area contributed by atoms with Crippen LogP contribution in [0.15, 0.2) is 18.2 Å². The van der Waals surface area contributed by atoms with E-state index in [1.54, 1.807) is 16.7 Å². The second-order valence-corrected chi connectivity index (χ2v) is 6.03. The Labute approximate surface area is 127 Å². The largest absolute Gasteiger partial charge is 0.0654 e. The summed E-state index contributed by atoms with van der Waals surface area (Å²) < 4.78 is 0. The highest BCUT2D eigenvalue weighted by Gasteiger charge is 2.06. The molecule has 114 valence electrons. The van der Waals surface area contributed by atoms with Crippen molar-refractivity contribution in [1.29, 1.82) is 0 Å². The van der Waals surface area contributed by atoms with Crippen LogP contribution in [0.3, 0.4) is 0 Å². The minimum atomic E-state index is 1.18. The van der Waals surface area contributed by atoms with Crippen molar-refractivity contribution in [2.24, 2.45) is 0 Å². The fourth-order valence-electron chi connectivity index (χ4n) is 3.10. The Morgan fingerprint density at radius 3 is 1.95 bits per heavy atom. The molecule has 0 aliphatic carbocycles. The first-order chi connectivity index (χ1) is 9.83. The molecule has 0 heteroatoms. The number of rotatable bonds is 11. The van der Waals surface area contributed by atoms with Crippen molar-refractivity contribution in [1.82, 2.24) is 0 Å². The molecule has 0 heterocycles. The summed E-state index contributed by atoms with van der Waals surface area (Å²) in [7, 11) is 0. The molecule has 0 unspecified atom stereocenters. The van der Waals surface area contributed by atoms with E-state index in [1.807, 2.05) is 0 Å². The Morgan fingerprint density at radius 2 is 1.30 bits per heavy atom. The van der Waals surface area contributed by atoms with E-state index in [0.29, 0.717) is 0 Å². The predicted molar refractivity (Wildman–Crippen MR) is 91.5 cm³/mol. The van der Waals surface area contributed by atoms with Crippen LogP contribution >= 0.6 is 0 Å². The molecular formula is C20H34. The molecule has 0 aliphatic heterocycles. The van der Waals surface area contributed by atoms with Gasteiger partial charge in [-0.15, -0.1) is 0 Å². The lowest BCUT2D eigenvalue weighted by atomic mass is 9.92. The average molecular weight is 274 g/mol. The smallest absolute Gasteiger partial charge is 0.0276 e. The van der Waals surface area contributed by atoms with E-state index in [1.165, 1.54) is 70.6 Å².